The number of aromatic nitrogens is 1. The number of carbonyl (C=O) groups is 1. The number of carbonyl (C=O) groups excluding carboxylic acids is 1. The lowest BCUT2D eigenvalue weighted by Gasteiger charge is -2.20. The fourth-order valence-corrected chi connectivity index (χ4v) is 4.01. The van der Waals surface area contributed by atoms with Crippen LogP contribution in [0.25, 0.3) is 10.2 Å². The van der Waals surface area contributed by atoms with E-state index < -0.39 is 0 Å². The number of aryl methyl sites for hydroxylation is 1. The minimum atomic E-state index is -0.0431. The van der Waals surface area contributed by atoms with Crippen LogP contribution in [0.1, 0.15) is 22.3 Å². The van der Waals surface area contributed by atoms with Crippen LogP contribution < -0.4 is 14.5 Å². The normalized spacial score (nSPS) is 11.1. The first-order valence-corrected chi connectivity index (χ1v) is 9.91. The molecule has 0 saturated heterocycles. The molecule has 0 aliphatic heterocycles. The fraction of sp³-hybridized carbons (Fsp3) is 0.333. The zero-order valence-corrected chi connectivity index (χ0v) is 17.1. The second-order valence-electron chi connectivity index (χ2n) is 6.97. The van der Waals surface area contributed by atoms with Gasteiger partial charge in [0.15, 0.2) is 5.13 Å². The number of amides is 1. The van der Waals surface area contributed by atoms with E-state index in [9.17, 15) is 4.79 Å². The van der Waals surface area contributed by atoms with Crippen molar-refractivity contribution in [3.05, 3.63) is 53.6 Å². The molecule has 0 atom stereocenters. The number of anilines is 1. The number of thiazole rings is 1. The molecule has 0 spiro atoms. The number of benzene rings is 2. The average Bonchev–Trinajstić information content (AvgIpc) is 3.07. The Morgan fingerprint density at radius 2 is 2.04 bits per heavy atom. The van der Waals surface area contributed by atoms with E-state index in [0.29, 0.717) is 17.9 Å². The summed E-state index contributed by atoms with van der Waals surface area (Å²) in [6, 6.07) is 13.5. The van der Waals surface area contributed by atoms with Gasteiger partial charge in [0.05, 0.1) is 38.0 Å². The zero-order valence-electron chi connectivity index (χ0n) is 16.3. The lowest BCUT2D eigenvalue weighted by atomic mass is 10.2. The first kappa shape index (κ1) is 19.3. The molecule has 0 radical (unpaired) electrons. The summed E-state index contributed by atoms with van der Waals surface area (Å²) in [7, 11) is 5.85. The maximum absolute atomic E-state index is 13.3. The first-order valence-electron chi connectivity index (χ1n) is 9.10. The van der Waals surface area contributed by atoms with Crippen molar-refractivity contribution in [2.45, 2.75) is 13.3 Å². The predicted molar refractivity (Wildman–Crippen MR) is 111 cm³/mol. The van der Waals surface area contributed by atoms with Gasteiger partial charge in [-0.15, -0.1) is 0 Å². The van der Waals surface area contributed by atoms with Crippen LogP contribution in [-0.4, -0.2) is 45.2 Å². The molecule has 1 N–H and O–H groups in total. The van der Waals surface area contributed by atoms with E-state index >= 15 is 0 Å². The Morgan fingerprint density at radius 1 is 1.22 bits per heavy atom. The molecule has 0 aliphatic rings. The van der Waals surface area contributed by atoms with Crippen molar-refractivity contribution in [3.63, 3.8) is 0 Å². The smallest absolute Gasteiger partial charge is 0.260 e. The predicted octanol–water partition coefficient (Wildman–Crippen LogP) is 2.79. The Labute approximate surface area is 164 Å². The number of quaternary nitrogens is 1. The summed E-state index contributed by atoms with van der Waals surface area (Å²) < 4.78 is 6.38. The lowest BCUT2D eigenvalue weighted by Crippen LogP contribution is -3.05. The van der Waals surface area contributed by atoms with Crippen LogP contribution >= 0.6 is 11.3 Å². The Hall–Kier alpha value is -2.44. The van der Waals surface area contributed by atoms with Crippen LogP contribution in [0.3, 0.4) is 0 Å². The van der Waals surface area contributed by atoms with E-state index in [1.165, 1.54) is 10.5 Å². The molecule has 6 heteroatoms. The molecular formula is C21H26N3O2S+. The molecule has 1 aromatic heterocycles. The summed E-state index contributed by atoms with van der Waals surface area (Å²) in [5.41, 5.74) is 2.74. The summed E-state index contributed by atoms with van der Waals surface area (Å²) in [6.07, 6.45) is 0.910. The summed E-state index contributed by atoms with van der Waals surface area (Å²) in [6.45, 7) is 3.70. The van der Waals surface area contributed by atoms with Crippen LogP contribution in [0, 0.1) is 6.92 Å². The third kappa shape index (κ3) is 4.64. The molecule has 142 valence electrons. The second kappa shape index (κ2) is 8.50. The highest BCUT2D eigenvalue weighted by atomic mass is 32.1. The van der Waals surface area contributed by atoms with Crippen LogP contribution in [0.15, 0.2) is 42.5 Å². The summed E-state index contributed by atoms with van der Waals surface area (Å²) >= 11 is 1.57. The molecule has 3 rings (SSSR count). The maximum atomic E-state index is 13.3. The fourth-order valence-electron chi connectivity index (χ4n) is 2.92. The highest BCUT2D eigenvalue weighted by Gasteiger charge is 2.22. The molecule has 3 aromatic rings. The summed E-state index contributed by atoms with van der Waals surface area (Å²) in [5.74, 6) is 0.636. The van der Waals surface area contributed by atoms with Crippen molar-refractivity contribution in [2.75, 3.05) is 39.2 Å². The van der Waals surface area contributed by atoms with Crippen LogP contribution in [0.4, 0.5) is 5.13 Å². The monoisotopic (exact) mass is 384 g/mol. The van der Waals surface area contributed by atoms with Gasteiger partial charge in [0.1, 0.15) is 5.75 Å². The largest absolute Gasteiger partial charge is 0.497 e. The number of nitrogens with one attached hydrogen (secondary N) is 1. The third-order valence-corrected chi connectivity index (χ3v) is 5.43. The second-order valence-corrected chi connectivity index (χ2v) is 7.98. The van der Waals surface area contributed by atoms with Gasteiger partial charge in [0.2, 0.25) is 0 Å². The molecule has 2 aromatic carbocycles. The molecule has 0 bridgehead atoms. The van der Waals surface area contributed by atoms with Crippen LogP contribution in [0.2, 0.25) is 0 Å². The van der Waals surface area contributed by atoms with Gasteiger partial charge in [0.25, 0.3) is 5.91 Å². The zero-order chi connectivity index (χ0) is 19.4. The van der Waals surface area contributed by atoms with E-state index in [0.717, 1.165) is 28.3 Å². The van der Waals surface area contributed by atoms with Gasteiger partial charge in [-0.05, 0) is 42.8 Å². The molecule has 0 unspecified atom stereocenters. The quantitative estimate of drug-likeness (QED) is 0.681. The van der Waals surface area contributed by atoms with Crippen molar-refractivity contribution in [2.24, 2.45) is 0 Å². The summed E-state index contributed by atoms with van der Waals surface area (Å²) in [5, 5.41) is 0.747. The lowest BCUT2D eigenvalue weighted by molar-refractivity contribution is -0.858. The molecule has 5 nitrogen and oxygen atoms in total. The Kier molecular flexibility index (Phi) is 6.08. The minimum absolute atomic E-state index is 0.0431. The SMILES string of the molecule is COc1cccc(C(=O)N(CCC[NH+](C)C)c2nc3ccc(C)cc3s2)c1. The van der Waals surface area contributed by atoms with Crippen molar-refractivity contribution >= 4 is 32.6 Å². The van der Waals surface area contributed by atoms with Crippen molar-refractivity contribution in [1.29, 1.82) is 0 Å². The van der Waals surface area contributed by atoms with Gasteiger partial charge < -0.3 is 9.64 Å². The van der Waals surface area contributed by atoms with Gasteiger partial charge in [-0.1, -0.05) is 23.5 Å². The van der Waals surface area contributed by atoms with E-state index in [1.807, 2.05) is 24.3 Å². The Balaban J connectivity index is 1.94. The number of nitrogens with zero attached hydrogens (tertiary/aromatic N) is 2. The molecule has 1 amide bonds. The molecule has 1 heterocycles. The number of methoxy groups -OCH3 is 1. The molecule has 0 aliphatic carbocycles. The summed E-state index contributed by atoms with van der Waals surface area (Å²) in [4.78, 5) is 21.2. The minimum Gasteiger partial charge on any atom is -0.497 e. The van der Waals surface area contributed by atoms with Crippen LogP contribution in [0.5, 0.6) is 5.75 Å². The highest BCUT2D eigenvalue weighted by Crippen LogP contribution is 2.30. The highest BCUT2D eigenvalue weighted by molar-refractivity contribution is 7.22. The number of ether oxygens (including phenoxy) is 1. The van der Waals surface area contributed by atoms with Gasteiger partial charge in [-0.3, -0.25) is 9.69 Å². The van der Waals surface area contributed by atoms with Gasteiger partial charge >= 0.3 is 0 Å². The number of hydrogen-bond donors (Lipinski definition) is 1. The van der Waals surface area contributed by atoms with Crippen molar-refractivity contribution in [1.82, 2.24) is 4.98 Å². The van der Waals surface area contributed by atoms with E-state index in [2.05, 4.69) is 33.2 Å². The van der Waals surface area contributed by atoms with Gasteiger partial charge in [-0.25, -0.2) is 4.98 Å². The molecular weight excluding hydrogens is 358 g/mol. The number of rotatable bonds is 7. The van der Waals surface area contributed by atoms with Crippen LogP contribution in [-0.2, 0) is 0 Å². The van der Waals surface area contributed by atoms with Crippen molar-refractivity contribution in [3.8, 4) is 5.75 Å². The Morgan fingerprint density at radius 3 is 2.78 bits per heavy atom. The maximum Gasteiger partial charge on any atom is 0.260 e. The Bertz CT molecular complexity index is 936. The molecule has 27 heavy (non-hydrogen) atoms. The van der Waals surface area contributed by atoms with Gasteiger partial charge in [-0.2, -0.15) is 0 Å². The van der Waals surface area contributed by atoms with Crippen molar-refractivity contribution < 1.29 is 14.4 Å². The van der Waals surface area contributed by atoms with E-state index in [-0.39, 0.29) is 5.91 Å². The number of hydrogen-bond acceptors (Lipinski definition) is 4. The third-order valence-electron chi connectivity index (χ3n) is 4.38. The molecule has 0 saturated carbocycles. The topological polar surface area (TPSA) is 46.9 Å². The number of fused-ring (bicyclic) bond motifs is 1. The first-order chi connectivity index (χ1) is 13.0. The standard InChI is InChI=1S/C21H25N3O2S/c1-15-9-10-18-19(13-15)27-21(22-18)24(12-6-11-23(2)3)20(25)16-7-5-8-17(14-16)26-4/h5,7-10,13-14H,6,11-12H2,1-4H3/p+1. The van der Waals surface area contributed by atoms with E-state index in [1.54, 1.807) is 29.4 Å². The van der Waals surface area contributed by atoms with E-state index in [4.69, 9.17) is 9.72 Å². The average molecular weight is 385 g/mol. The molecule has 0 fully saturated rings. The van der Waals surface area contributed by atoms with Gasteiger partial charge in [0, 0.05) is 18.5 Å².